The smallest absolute Gasteiger partial charge is 0.288 e. The molecule has 0 aliphatic carbocycles. The third kappa shape index (κ3) is 8.65. The second-order valence-corrected chi connectivity index (χ2v) is 7.90. The van der Waals surface area contributed by atoms with Gasteiger partial charge in [0.05, 0.1) is 33.0 Å². The molecule has 0 saturated carbocycles. The number of hydrogen-bond donors (Lipinski definition) is 1. The average molecular weight is 482 g/mol. The van der Waals surface area contributed by atoms with Crippen LogP contribution in [-0.2, 0) is 33.2 Å². The monoisotopic (exact) mass is 481 g/mol. The normalized spacial score (nSPS) is 20.2. The predicted octanol–water partition coefficient (Wildman–Crippen LogP) is 2.16. The highest BCUT2D eigenvalue weighted by molar-refractivity contribution is 5.91. The molecule has 34 heavy (non-hydrogen) atoms. The molecule has 1 heterocycles. The molecule has 1 aromatic rings. The molecule has 0 spiro atoms. The van der Waals surface area contributed by atoms with Crippen LogP contribution in [0.1, 0.15) is 24.8 Å². The number of likely N-dealkylation sites (N-methyl/N-ethyl adjacent to an activating group) is 1. The average Bonchev–Trinajstić information content (AvgIpc) is 2.87. The Morgan fingerprint density at radius 3 is 2.38 bits per heavy atom. The maximum Gasteiger partial charge on any atom is 0.288 e. The summed E-state index contributed by atoms with van der Waals surface area (Å²) in [4.78, 5) is 14.7. The molecule has 0 unspecified atom stereocenters. The van der Waals surface area contributed by atoms with E-state index in [2.05, 4.69) is 0 Å². The van der Waals surface area contributed by atoms with Crippen molar-refractivity contribution < 1.29 is 38.3 Å². The summed E-state index contributed by atoms with van der Waals surface area (Å²) in [5.74, 6) is -0.155. The Hall–Kier alpha value is -2.01. The van der Waals surface area contributed by atoms with E-state index >= 15 is 0 Å². The van der Waals surface area contributed by atoms with Gasteiger partial charge in [-0.3, -0.25) is 4.79 Å². The molecule has 9 nitrogen and oxygen atoms in total. The maximum absolute atomic E-state index is 13.2. The first-order chi connectivity index (χ1) is 16.5. The third-order valence-electron chi connectivity index (χ3n) is 5.61. The van der Waals surface area contributed by atoms with Gasteiger partial charge < -0.3 is 38.4 Å². The van der Waals surface area contributed by atoms with Crippen LogP contribution < -0.4 is 0 Å². The van der Waals surface area contributed by atoms with E-state index in [0.29, 0.717) is 39.5 Å². The van der Waals surface area contributed by atoms with Crippen LogP contribution >= 0.6 is 0 Å². The summed E-state index contributed by atoms with van der Waals surface area (Å²) in [6.45, 7) is 4.26. The largest absolute Gasteiger partial charge is 0.459 e. The first-order valence-corrected chi connectivity index (χ1v) is 11.7. The first-order valence-electron chi connectivity index (χ1n) is 11.7. The summed E-state index contributed by atoms with van der Waals surface area (Å²) >= 11 is 0. The number of ether oxygens (including phenoxy) is 6. The molecule has 1 aliphatic heterocycles. The van der Waals surface area contributed by atoms with Gasteiger partial charge in [0.15, 0.2) is 12.0 Å². The number of methoxy groups -OCH3 is 2. The lowest BCUT2D eigenvalue weighted by Gasteiger charge is -2.37. The molecule has 0 saturated heterocycles. The van der Waals surface area contributed by atoms with Crippen LogP contribution in [0.3, 0.4) is 0 Å². The molecule has 3 atom stereocenters. The number of rotatable bonds is 16. The number of aliphatic hydroxyl groups is 1. The molecule has 192 valence electrons. The van der Waals surface area contributed by atoms with Crippen molar-refractivity contribution >= 4 is 5.91 Å². The Kier molecular flexibility index (Phi) is 13.1. The van der Waals surface area contributed by atoms with Crippen molar-refractivity contribution in [3.8, 4) is 0 Å². The molecular weight excluding hydrogens is 442 g/mol. The van der Waals surface area contributed by atoms with Crippen molar-refractivity contribution in [3.05, 3.63) is 47.7 Å². The van der Waals surface area contributed by atoms with Gasteiger partial charge in [0.25, 0.3) is 5.91 Å². The zero-order chi connectivity index (χ0) is 24.8. The van der Waals surface area contributed by atoms with Gasteiger partial charge in [-0.25, -0.2) is 0 Å². The van der Waals surface area contributed by atoms with E-state index < -0.39 is 12.6 Å². The van der Waals surface area contributed by atoms with E-state index in [1.807, 2.05) is 43.3 Å². The van der Waals surface area contributed by atoms with Crippen molar-refractivity contribution in [1.29, 1.82) is 0 Å². The second kappa shape index (κ2) is 15.8. The number of hydrogen-bond acceptors (Lipinski definition) is 8. The zero-order valence-corrected chi connectivity index (χ0v) is 20.7. The van der Waals surface area contributed by atoms with Crippen LogP contribution in [-0.4, -0.2) is 95.9 Å². The van der Waals surface area contributed by atoms with Crippen LogP contribution in [0.15, 0.2) is 42.2 Å². The van der Waals surface area contributed by atoms with Crippen LogP contribution in [0, 0.1) is 5.92 Å². The number of nitrogens with zero attached hydrogens (tertiary/aromatic N) is 1. The number of aliphatic hydroxyl groups excluding tert-OH is 1. The molecule has 9 heteroatoms. The molecule has 1 amide bonds. The molecule has 0 fully saturated rings. The summed E-state index contributed by atoms with van der Waals surface area (Å²) in [6.07, 6.45) is 1.43. The number of benzene rings is 1. The predicted molar refractivity (Wildman–Crippen MR) is 126 cm³/mol. The molecule has 1 N–H and O–H groups in total. The lowest BCUT2D eigenvalue weighted by molar-refractivity contribution is -0.174. The fraction of sp³-hybridized carbons (Fsp3) is 0.640. The highest BCUT2D eigenvalue weighted by Gasteiger charge is 2.38. The minimum Gasteiger partial charge on any atom is -0.459 e. The van der Waals surface area contributed by atoms with Crippen LogP contribution in [0.4, 0.5) is 0 Å². The van der Waals surface area contributed by atoms with Gasteiger partial charge in [0, 0.05) is 46.3 Å². The van der Waals surface area contributed by atoms with Crippen LogP contribution in [0.25, 0.3) is 0 Å². The van der Waals surface area contributed by atoms with Crippen molar-refractivity contribution in [2.75, 3.05) is 67.5 Å². The van der Waals surface area contributed by atoms with Crippen LogP contribution in [0.2, 0.25) is 0 Å². The first kappa shape index (κ1) is 28.2. The minimum absolute atomic E-state index is 0.00558. The standard InChI is InChI=1S/C25H39NO8/c1-5-33-25-20(11-13-31-15-16-32-14-12-27)21(19-9-7-6-8-10-19)17-22(34-25)24(28)26(2)18-23(29-3)30-4/h6-10,17,20-21,23,25,27H,5,11-16,18H2,1-4H3/t20-,21+,25+/m0/s1. The van der Waals surface area contributed by atoms with Crippen LogP contribution in [0.5, 0.6) is 0 Å². The minimum atomic E-state index is -0.595. The maximum atomic E-state index is 13.2. The topological polar surface area (TPSA) is 95.9 Å². The Balaban J connectivity index is 2.18. The number of carbonyl (C=O) groups is 1. The summed E-state index contributed by atoms with van der Waals surface area (Å²) in [5, 5.41) is 8.78. The van der Waals surface area contributed by atoms with Gasteiger partial charge >= 0.3 is 0 Å². The Morgan fingerprint density at radius 1 is 1.09 bits per heavy atom. The fourth-order valence-corrected chi connectivity index (χ4v) is 3.83. The van der Waals surface area contributed by atoms with Gasteiger partial charge in [-0.15, -0.1) is 0 Å². The molecular formula is C25H39NO8. The highest BCUT2D eigenvalue weighted by atomic mass is 16.7. The van der Waals surface area contributed by atoms with Crippen molar-refractivity contribution in [2.45, 2.75) is 31.8 Å². The highest BCUT2D eigenvalue weighted by Crippen LogP contribution is 2.39. The summed E-state index contributed by atoms with van der Waals surface area (Å²) in [5.41, 5.74) is 1.08. The SMILES string of the molecule is CCO[C@@H]1OC(C(=O)N(C)CC(OC)OC)=C[C@H](c2ccccc2)[C@@H]1CCOCCOCCO. The molecule has 0 radical (unpaired) electrons. The van der Waals surface area contributed by atoms with Gasteiger partial charge in [-0.1, -0.05) is 30.3 Å². The van der Waals surface area contributed by atoms with Gasteiger partial charge in [-0.05, 0) is 25.0 Å². The molecule has 0 bridgehead atoms. The lowest BCUT2D eigenvalue weighted by atomic mass is 9.81. The lowest BCUT2D eigenvalue weighted by Crippen LogP contribution is -2.42. The van der Waals surface area contributed by atoms with E-state index in [1.54, 1.807) is 7.05 Å². The van der Waals surface area contributed by atoms with E-state index in [-0.39, 0.29) is 36.7 Å². The van der Waals surface area contributed by atoms with E-state index in [0.717, 1.165) is 5.56 Å². The van der Waals surface area contributed by atoms with E-state index in [1.165, 1.54) is 19.1 Å². The molecule has 1 aromatic carbocycles. The van der Waals surface area contributed by atoms with Gasteiger partial charge in [-0.2, -0.15) is 0 Å². The van der Waals surface area contributed by atoms with Crippen molar-refractivity contribution in [3.63, 3.8) is 0 Å². The number of allylic oxidation sites excluding steroid dienone is 1. The molecule has 2 rings (SSSR count). The summed E-state index contributed by atoms with van der Waals surface area (Å²) in [7, 11) is 4.75. The summed E-state index contributed by atoms with van der Waals surface area (Å²) in [6, 6.07) is 10.0. The Labute approximate surface area is 202 Å². The molecule has 0 aromatic heterocycles. The van der Waals surface area contributed by atoms with Crippen molar-refractivity contribution in [2.24, 2.45) is 5.92 Å². The zero-order valence-electron chi connectivity index (χ0n) is 20.7. The van der Waals surface area contributed by atoms with E-state index in [9.17, 15) is 4.79 Å². The number of carbonyl (C=O) groups excluding carboxylic acids is 1. The quantitative estimate of drug-likeness (QED) is 0.284. The Morgan fingerprint density at radius 2 is 1.76 bits per heavy atom. The molecule has 1 aliphatic rings. The van der Waals surface area contributed by atoms with E-state index in [4.69, 9.17) is 33.5 Å². The van der Waals surface area contributed by atoms with Crippen molar-refractivity contribution in [1.82, 2.24) is 4.90 Å². The Bertz CT molecular complexity index is 725. The second-order valence-electron chi connectivity index (χ2n) is 7.90. The van der Waals surface area contributed by atoms with Gasteiger partial charge in [0.2, 0.25) is 6.29 Å². The fourth-order valence-electron chi connectivity index (χ4n) is 3.83. The number of amides is 1. The summed E-state index contributed by atoms with van der Waals surface area (Å²) < 4.78 is 33.5. The van der Waals surface area contributed by atoms with Gasteiger partial charge in [0.1, 0.15) is 0 Å². The third-order valence-corrected chi connectivity index (χ3v) is 5.61.